The molecule has 1 aromatic carbocycles. The molecule has 2 aliphatic rings. The van der Waals surface area contributed by atoms with E-state index in [1.165, 1.54) is 22.7 Å². The van der Waals surface area contributed by atoms with E-state index in [-0.39, 0.29) is 11.8 Å². The van der Waals surface area contributed by atoms with Gasteiger partial charge in [0.25, 0.3) is 0 Å². The Balaban J connectivity index is 1.67. The molecule has 9 heteroatoms. The number of benzene rings is 1. The van der Waals surface area contributed by atoms with Crippen molar-refractivity contribution in [3.8, 4) is 0 Å². The van der Waals surface area contributed by atoms with Crippen LogP contribution in [0.3, 0.4) is 0 Å². The summed E-state index contributed by atoms with van der Waals surface area (Å²) in [5.74, 6) is -1.39. The molecule has 1 atom stereocenters. The van der Waals surface area contributed by atoms with E-state index in [0.717, 1.165) is 24.5 Å². The van der Waals surface area contributed by atoms with Crippen LogP contribution in [0, 0.1) is 11.6 Å². The van der Waals surface area contributed by atoms with Gasteiger partial charge in [-0.1, -0.05) is 24.7 Å². The Bertz CT molecular complexity index is 958. The fourth-order valence-corrected chi connectivity index (χ4v) is 3.66. The lowest BCUT2D eigenvalue weighted by Crippen LogP contribution is -2.32. The Morgan fingerprint density at radius 1 is 1.40 bits per heavy atom. The number of carbonyl (C=O) groups excluding carboxylic acids is 1. The number of halogens is 2. The highest BCUT2D eigenvalue weighted by atomic mass is 32.1. The third-order valence-corrected chi connectivity index (χ3v) is 5.41. The first-order valence-electron chi connectivity index (χ1n) is 9.57. The molecule has 30 heavy (non-hydrogen) atoms. The van der Waals surface area contributed by atoms with Crippen molar-refractivity contribution in [1.82, 2.24) is 15.5 Å². The van der Waals surface area contributed by atoms with Crippen molar-refractivity contribution in [3.63, 3.8) is 0 Å². The predicted octanol–water partition coefficient (Wildman–Crippen LogP) is 3.83. The molecule has 0 radical (unpaired) electrons. The summed E-state index contributed by atoms with van der Waals surface area (Å²) < 4.78 is 27.2. The zero-order valence-corrected chi connectivity index (χ0v) is 18.5. The zero-order valence-electron chi connectivity index (χ0n) is 16.5. The Labute approximate surface area is 182 Å². The molecule has 0 spiro atoms. The number of amides is 2. The minimum Gasteiger partial charge on any atom is -0.367 e. The van der Waals surface area contributed by atoms with Crippen molar-refractivity contribution in [3.05, 3.63) is 64.5 Å². The molecule has 0 saturated heterocycles. The molecule has 158 valence electrons. The van der Waals surface area contributed by atoms with Gasteiger partial charge in [-0.3, -0.25) is 0 Å². The standard InChI is InChI=1S/C21H23F2N4OPS/c1-2-19(27(12-30)11-13-7-17(22)20(23)18(29)8-13)26-21(28)25-10-15-9-24-6-5-16(15)14-3-4-14/h5-9,12,24H,2-4,10-11,29H2,1H3,(H,25,28). The van der Waals surface area contributed by atoms with Gasteiger partial charge in [0, 0.05) is 37.2 Å². The minimum absolute atomic E-state index is 0.131. The molecule has 2 amide bonds. The summed E-state index contributed by atoms with van der Waals surface area (Å²) in [6.07, 6.45) is 8.39. The fraction of sp³-hybridized carbons (Fsp3) is 0.286. The van der Waals surface area contributed by atoms with Gasteiger partial charge in [0.05, 0.1) is 5.49 Å². The number of carbonyl (C=O) groups is 1. The van der Waals surface area contributed by atoms with Crippen molar-refractivity contribution >= 4 is 44.1 Å². The van der Waals surface area contributed by atoms with Crippen LogP contribution in [0.1, 0.15) is 31.7 Å². The number of aliphatic imine (C=N–C) groups is 1. The van der Waals surface area contributed by atoms with E-state index in [1.807, 2.05) is 25.4 Å². The molecule has 1 unspecified atom stereocenters. The first kappa shape index (κ1) is 22.2. The average molecular weight is 448 g/mol. The number of allylic oxidation sites excluding steroid dienone is 2. The van der Waals surface area contributed by atoms with Crippen LogP contribution in [0.15, 0.2) is 52.3 Å². The van der Waals surface area contributed by atoms with E-state index in [2.05, 4.69) is 24.9 Å². The van der Waals surface area contributed by atoms with Crippen LogP contribution in [0.25, 0.3) is 0 Å². The molecule has 1 heterocycles. The Morgan fingerprint density at radius 3 is 2.80 bits per heavy atom. The van der Waals surface area contributed by atoms with Crippen molar-refractivity contribution in [1.29, 1.82) is 0 Å². The second-order valence-electron chi connectivity index (χ2n) is 6.94. The number of dihydropyridines is 1. The summed E-state index contributed by atoms with van der Waals surface area (Å²) in [5.41, 5.74) is 5.44. The largest absolute Gasteiger partial charge is 0.367 e. The van der Waals surface area contributed by atoms with Gasteiger partial charge < -0.3 is 15.5 Å². The lowest BCUT2D eigenvalue weighted by atomic mass is 10.0. The second kappa shape index (κ2) is 10.0. The summed E-state index contributed by atoms with van der Waals surface area (Å²) in [6, 6.07) is 2.15. The number of amidine groups is 1. The summed E-state index contributed by atoms with van der Waals surface area (Å²) in [4.78, 5) is 18.1. The maximum atomic E-state index is 13.7. The van der Waals surface area contributed by atoms with Gasteiger partial charge in [0.15, 0.2) is 11.6 Å². The third kappa shape index (κ3) is 5.58. The van der Waals surface area contributed by atoms with Crippen LogP contribution >= 0.6 is 21.5 Å². The average Bonchev–Trinajstić information content (AvgIpc) is 3.58. The molecule has 1 aliphatic carbocycles. The van der Waals surface area contributed by atoms with E-state index in [4.69, 9.17) is 12.2 Å². The number of nitrogens with zero attached hydrogens (tertiary/aromatic N) is 2. The van der Waals surface area contributed by atoms with Crippen LogP contribution < -0.4 is 15.9 Å². The number of urea groups is 1. The maximum Gasteiger partial charge on any atom is 0.342 e. The summed E-state index contributed by atoms with van der Waals surface area (Å²) in [5, 5.41) is 5.98. The summed E-state index contributed by atoms with van der Waals surface area (Å²) in [6.45, 7) is 2.38. The molecule has 1 aromatic rings. The highest BCUT2D eigenvalue weighted by Crippen LogP contribution is 2.35. The molecular weight excluding hydrogens is 425 g/mol. The molecule has 2 N–H and O–H groups in total. The zero-order chi connectivity index (χ0) is 21.7. The monoisotopic (exact) mass is 448 g/mol. The lowest BCUT2D eigenvalue weighted by Gasteiger charge is -2.21. The van der Waals surface area contributed by atoms with Crippen LogP contribution in [-0.2, 0) is 6.54 Å². The summed E-state index contributed by atoms with van der Waals surface area (Å²) >= 11 is 5.06. The Morgan fingerprint density at radius 2 is 2.17 bits per heavy atom. The van der Waals surface area contributed by atoms with Crippen molar-refractivity contribution in [2.75, 3.05) is 6.54 Å². The second-order valence-corrected chi connectivity index (χ2v) is 7.77. The van der Waals surface area contributed by atoms with Crippen LogP contribution in [0.4, 0.5) is 13.6 Å². The molecule has 0 bridgehead atoms. The molecule has 3 rings (SSSR count). The first-order valence-corrected chi connectivity index (χ1v) is 10.6. The number of hydrogen-bond acceptors (Lipinski definition) is 3. The van der Waals surface area contributed by atoms with Gasteiger partial charge in [-0.05, 0) is 47.8 Å². The number of thiocarbonyl (C=S) groups is 1. The normalized spacial score (nSPS) is 15.5. The van der Waals surface area contributed by atoms with Crippen molar-refractivity contribution < 1.29 is 13.6 Å². The topological polar surface area (TPSA) is 56.7 Å². The predicted molar refractivity (Wildman–Crippen MR) is 123 cm³/mol. The van der Waals surface area contributed by atoms with Gasteiger partial charge in [-0.2, -0.15) is 4.99 Å². The molecule has 5 nitrogen and oxygen atoms in total. The Kier molecular flexibility index (Phi) is 7.45. The number of rotatable bonds is 6. The number of nitrogens with one attached hydrogen (secondary N) is 2. The van der Waals surface area contributed by atoms with Crippen LogP contribution in [0.5, 0.6) is 0 Å². The third-order valence-electron chi connectivity index (χ3n) is 4.74. The van der Waals surface area contributed by atoms with Crippen LogP contribution in [-0.4, -0.2) is 28.8 Å². The molecule has 1 saturated carbocycles. The molecular formula is C21H23F2N4OPS. The molecule has 1 aliphatic heterocycles. The van der Waals surface area contributed by atoms with Gasteiger partial charge >= 0.3 is 6.03 Å². The highest BCUT2D eigenvalue weighted by Gasteiger charge is 2.20. The van der Waals surface area contributed by atoms with Gasteiger partial charge in [0.2, 0.25) is 0 Å². The smallest absolute Gasteiger partial charge is 0.342 e. The minimum atomic E-state index is -0.932. The summed E-state index contributed by atoms with van der Waals surface area (Å²) in [7, 11) is 2.17. The van der Waals surface area contributed by atoms with E-state index >= 15 is 0 Å². The van der Waals surface area contributed by atoms with Gasteiger partial charge in [-0.15, -0.1) is 9.24 Å². The van der Waals surface area contributed by atoms with E-state index in [1.54, 1.807) is 4.90 Å². The first-order chi connectivity index (χ1) is 14.4. The lowest BCUT2D eigenvalue weighted by molar-refractivity contribution is 0.249. The number of hydrogen-bond donors (Lipinski definition) is 2. The van der Waals surface area contributed by atoms with Crippen molar-refractivity contribution in [2.45, 2.75) is 32.7 Å². The Hall–Kier alpha value is -2.44. The fourth-order valence-electron chi connectivity index (χ4n) is 3.11. The van der Waals surface area contributed by atoms with Gasteiger partial charge in [0.1, 0.15) is 5.84 Å². The SMILES string of the molecule is CCC(=NC(=O)NCC1=CNC=CC1=C1CC1)N(C=S)Cc1cc(F)c(F)c(P)c1. The molecule has 1 fully saturated rings. The molecule has 0 aromatic heterocycles. The maximum absolute atomic E-state index is 13.7. The van der Waals surface area contributed by atoms with Gasteiger partial charge in [-0.25, -0.2) is 13.6 Å². The quantitative estimate of drug-likeness (QED) is 0.301. The van der Waals surface area contributed by atoms with E-state index in [9.17, 15) is 13.6 Å². The van der Waals surface area contributed by atoms with E-state index < -0.39 is 17.7 Å². The van der Waals surface area contributed by atoms with Crippen molar-refractivity contribution in [2.24, 2.45) is 4.99 Å². The van der Waals surface area contributed by atoms with Crippen LogP contribution in [0.2, 0.25) is 0 Å². The van der Waals surface area contributed by atoms with E-state index in [0.29, 0.717) is 24.4 Å². The highest BCUT2D eigenvalue weighted by molar-refractivity contribution is 7.78.